The molecule has 0 radical (unpaired) electrons. The SMILES string of the molecule is Cc1ccc(S(=O)(=O)NN=C(c2c(Br)sc(Br)c2-c2ccccc2)N2CCC(COCCN3CCCC3)CC2)cc1. The molecule has 0 unspecified atom stereocenters. The van der Waals surface area contributed by atoms with Crippen molar-refractivity contribution in [3.8, 4) is 11.1 Å². The predicted octanol–water partition coefficient (Wildman–Crippen LogP) is 6.71. The van der Waals surface area contributed by atoms with E-state index < -0.39 is 10.0 Å². The Morgan fingerprint density at radius 3 is 2.37 bits per heavy atom. The zero-order chi connectivity index (χ0) is 28.8. The number of amidine groups is 1. The molecule has 0 spiro atoms. The molecular weight excluding hydrogens is 688 g/mol. The Morgan fingerprint density at radius 2 is 1.68 bits per heavy atom. The molecule has 0 amide bonds. The number of hydrogen-bond acceptors (Lipinski definition) is 6. The van der Waals surface area contributed by atoms with Crippen molar-refractivity contribution in [2.24, 2.45) is 11.0 Å². The summed E-state index contributed by atoms with van der Waals surface area (Å²) in [7, 11) is -3.85. The van der Waals surface area contributed by atoms with Crippen molar-refractivity contribution in [1.29, 1.82) is 0 Å². The molecule has 7 nitrogen and oxygen atoms in total. The number of sulfonamides is 1. The maximum absolute atomic E-state index is 13.2. The highest BCUT2D eigenvalue weighted by Gasteiger charge is 2.29. The van der Waals surface area contributed by atoms with Gasteiger partial charge in [0.05, 0.1) is 24.6 Å². The molecule has 11 heteroatoms. The number of nitrogens with one attached hydrogen (secondary N) is 1. The average Bonchev–Trinajstić information content (AvgIpc) is 3.60. The van der Waals surface area contributed by atoms with Gasteiger partial charge in [0.2, 0.25) is 0 Å². The number of ether oxygens (including phenoxy) is 1. The largest absolute Gasteiger partial charge is 0.380 e. The molecule has 0 atom stereocenters. The Hall–Kier alpha value is -1.76. The van der Waals surface area contributed by atoms with Crippen LogP contribution in [0.15, 0.2) is 72.2 Å². The molecule has 0 saturated carbocycles. The summed E-state index contributed by atoms with van der Waals surface area (Å²) in [5, 5.41) is 4.62. The van der Waals surface area contributed by atoms with Crippen molar-refractivity contribution >= 4 is 59.1 Å². The smallest absolute Gasteiger partial charge is 0.276 e. The third-order valence-electron chi connectivity index (χ3n) is 7.73. The lowest BCUT2D eigenvalue weighted by molar-refractivity contribution is 0.0655. The molecule has 2 saturated heterocycles. The van der Waals surface area contributed by atoms with Crippen LogP contribution < -0.4 is 4.83 Å². The summed E-state index contributed by atoms with van der Waals surface area (Å²) >= 11 is 9.09. The van der Waals surface area contributed by atoms with E-state index in [1.807, 2.05) is 25.1 Å². The van der Waals surface area contributed by atoms with Crippen molar-refractivity contribution in [2.75, 3.05) is 45.9 Å². The number of nitrogens with zero attached hydrogens (tertiary/aromatic N) is 3. The van der Waals surface area contributed by atoms with Gasteiger partial charge in [-0.2, -0.15) is 13.2 Å². The van der Waals surface area contributed by atoms with Crippen LogP contribution in [-0.2, 0) is 14.8 Å². The van der Waals surface area contributed by atoms with E-state index in [0.29, 0.717) is 11.8 Å². The molecule has 220 valence electrons. The molecule has 2 aromatic carbocycles. The number of thiophene rings is 1. The second-order valence-electron chi connectivity index (χ2n) is 10.7. The number of halogens is 2. The summed E-state index contributed by atoms with van der Waals surface area (Å²) in [6.45, 7) is 8.40. The molecule has 5 rings (SSSR count). The lowest BCUT2D eigenvalue weighted by Crippen LogP contribution is -2.41. The summed E-state index contributed by atoms with van der Waals surface area (Å²) in [4.78, 5) is 7.40. The topological polar surface area (TPSA) is 74.2 Å². The van der Waals surface area contributed by atoms with E-state index in [1.165, 1.54) is 25.9 Å². The summed E-state index contributed by atoms with van der Waals surface area (Å²) in [5.74, 6) is 1.09. The number of benzene rings is 2. The van der Waals surface area contributed by atoms with Gasteiger partial charge in [0.1, 0.15) is 0 Å². The lowest BCUT2D eigenvalue weighted by atomic mass is 9.96. The maximum Gasteiger partial charge on any atom is 0.276 e. The van der Waals surface area contributed by atoms with E-state index in [9.17, 15) is 8.42 Å². The van der Waals surface area contributed by atoms with Crippen molar-refractivity contribution in [2.45, 2.75) is 37.5 Å². The fraction of sp³-hybridized carbons (Fsp3) is 0.433. The third-order valence-corrected chi connectivity index (χ3v) is 11.5. The van der Waals surface area contributed by atoms with Gasteiger partial charge < -0.3 is 14.5 Å². The Bertz CT molecular complexity index is 1430. The maximum atomic E-state index is 13.2. The van der Waals surface area contributed by atoms with Crippen LogP contribution in [0.5, 0.6) is 0 Å². The Balaban J connectivity index is 1.36. The lowest BCUT2D eigenvalue weighted by Gasteiger charge is -2.34. The first-order valence-electron chi connectivity index (χ1n) is 14.1. The van der Waals surface area contributed by atoms with E-state index in [-0.39, 0.29) is 4.90 Å². The first-order chi connectivity index (χ1) is 19.8. The second-order valence-corrected chi connectivity index (χ2v) is 16.0. The average molecular weight is 725 g/mol. The van der Waals surface area contributed by atoms with Crippen LogP contribution in [-0.4, -0.2) is 70.0 Å². The fourth-order valence-corrected chi connectivity index (χ4v) is 9.37. The molecule has 1 aromatic heterocycles. The van der Waals surface area contributed by atoms with E-state index in [2.05, 4.69) is 63.7 Å². The van der Waals surface area contributed by atoms with Gasteiger partial charge in [-0.05, 0) is 101 Å². The molecule has 1 N–H and O–H groups in total. The van der Waals surface area contributed by atoms with Gasteiger partial charge >= 0.3 is 0 Å². The van der Waals surface area contributed by atoms with Crippen LogP contribution in [0, 0.1) is 12.8 Å². The molecule has 0 bridgehead atoms. The molecular formula is C30H36Br2N4O3S2. The van der Waals surface area contributed by atoms with Crippen molar-refractivity contribution < 1.29 is 13.2 Å². The Kier molecular flexibility index (Phi) is 10.6. The first-order valence-corrected chi connectivity index (χ1v) is 17.9. The van der Waals surface area contributed by atoms with Gasteiger partial charge in [0.25, 0.3) is 10.0 Å². The minimum absolute atomic E-state index is 0.185. The Morgan fingerprint density at radius 1 is 1.00 bits per heavy atom. The minimum atomic E-state index is -3.85. The van der Waals surface area contributed by atoms with E-state index in [4.69, 9.17) is 4.74 Å². The van der Waals surface area contributed by atoms with Crippen LogP contribution in [0.1, 0.15) is 36.8 Å². The van der Waals surface area contributed by atoms with E-state index >= 15 is 0 Å². The summed E-state index contributed by atoms with van der Waals surface area (Å²) in [5.41, 5.74) is 3.89. The number of rotatable bonds is 10. The molecule has 3 aromatic rings. The summed E-state index contributed by atoms with van der Waals surface area (Å²) in [6.07, 6.45) is 4.51. The zero-order valence-corrected chi connectivity index (χ0v) is 28.0. The summed E-state index contributed by atoms with van der Waals surface area (Å²) < 4.78 is 34.4. The number of aryl methyl sites for hydroxylation is 1. The quantitative estimate of drug-likeness (QED) is 0.109. The Labute approximate surface area is 264 Å². The molecule has 2 aliphatic heterocycles. The van der Waals surface area contributed by atoms with Gasteiger partial charge in [0.15, 0.2) is 5.84 Å². The number of likely N-dealkylation sites (tertiary alicyclic amines) is 2. The monoisotopic (exact) mass is 722 g/mol. The number of hydrazone groups is 1. The molecule has 3 heterocycles. The van der Waals surface area contributed by atoms with Crippen LogP contribution >= 0.6 is 43.2 Å². The molecule has 0 aliphatic carbocycles. The number of hydrogen-bond donors (Lipinski definition) is 1. The first kappa shape index (κ1) is 30.7. The molecule has 2 fully saturated rings. The van der Waals surface area contributed by atoms with Crippen LogP contribution in [0.25, 0.3) is 11.1 Å². The van der Waals surface area contributed by atoms with Gasteiger partial charge in [0, 0.05) is 31.8 Å². The zero-order valence-electron chi connectivity index (χ0n) is 23.2. The highest BCUT2D eigenvalue weighted by molar-refractivity contribution is 9.12. The standard InChI is InChI=1S/C30H36Br2N4O3S2/c1-22-9-11-25(12-10-22)41(37,38)34-33-30(27-26(28(31)40-29(27)32)24-7-3-2-4-8-24)36-17-13-23(14-18-36)21-39-20-19-35-15-5-6-16-35/h2-4,7-12,23,34H,5-6,13-21H2,1H3. The van der Waals surface area contributed by atoms with Gasteiger partial charge in [-0.3, -0.25) is 0 Å². The third kappa shape index (κ3) is 7.80. The molecule has 41 heavy (non-hydrogen) atoms. The van der Waals surface area contributed by atoms with Gasteiger partial charge in [-0.1, -0.05) is 48.0 Å². The van der Waals surface area contributed by atoms with Crippen LogP contribution in [0.3, 0.4) is 0 Å². The fourth-order valence-electron chi connectivity index (χ4n) is 5.36. The number of piperidine rings is 1. The predicted molar refractivity (Wildman–Crippen MR) is 174 cm³/mol. The van der Waals surface area contributed by atoms with Crippen molar-refractivity contribution in [1.82, 2.24) is 14.6 Å². The minimum Gasteiger partial charge on any atom is -0.380 e. The normalized spacial score (nSPS) is 17.3. The van der Waals surface area contributed by atoms with Crippen molar-refractivity contribution in [3.05, 3.63) is 73.3 Å². The van der Waals surface area contributed by atoms with Crippen LogP contribution in [0.2, 0.25) is 0 Å². The van der Waals surface area contributed by atoms with Gasteiger partial charge in [-0.15, -0.1) is 16.4 Å². The van der Waals surface area contributed by atoms with E-state index in [0.717, 1.165) is 75.5 Å². The highest BCUT2D eigenvalue weighted by atomic mass is 79.9. The van der Waals surface area contributed by atoms with Gasteiger partial charge in [-0.25, -0.2) is 0 Å². The molecule has 2 aliphatic rings. The highest BCUT2D eigenvalue weighted by Crippen LogP contribution is 2.44. The van der Waals surface area contributed by atoms with Crippen LogP contribution in [0.4, 0.5) is 0 Å². The summed E-state index contributed by atoms with van der Waals surface area (Å²) in [6, 6.07) is 16.9. The van der Waals surface area contributed by atoms with E-state index in [1.54, 1.807) is 35.6 Å². The second kappa shape index (κ2) is 14.1. The van der Waals surface area contributed by atoms with Crippen molar-refractivity contribution in [3.63, 3.8) is 0 Å².